The zero-order valence-electron chi connectivity index (χ0n) is 10.2. The summed E-state index contributed by atoms with van der Waals surface area (Å²) in [6.45, 7) is 0. The van der Waals surface area contributed by atoms with Gasteiger partial charge >= 0.3 is 10.2 Å². The van der Waals surface area contributed by atoms with Gasteiger partial charge in [0, 0.05) is 30.9 Å². The quantitative estimate of drug-likeness (QED) is 0.873. The lowest BCUT2D eigenvalue weighted by Crippen LogP contribution is -2.27. The zero-order valence-corrected chi connectivity index (χ0v) is 12.5. The molecular formula is C11H11Cl2N3O2S. The summed E-state index contributed by atoms with van der Waals surface area (Å²) in [6.07, 6.45) is 2.64. The molecule has 19 heavy (non-hydrogen) atoms. The Morgan fingerprint density at radius 3 is 2.53 bits per heavy atom. The Balaban J connectivity index is 2.47. The fourth-order valence-electron chi connectivity index (χ4n) is 1.46. The van der Waals surface area contributed by atoms with E-state index in [-0.39, 0.29) is 0 Å². The van der Waals surface area contributed by atoms with Crippen LogP contribution in [0.2, 0.25) is 10.0 Å². The fraction of sp³-hybridized carbons (Fsp3) is 0.182. The first kappa shape index (κ1) is 14.3. The van der Waals surface area contributed by atoms with E-state index in [1.807, 2.05) is 0 Å². The highest BCUT2D eigenvalue weighted by molar-refractivity contribution is 7.87. The second kappa shape index (κ2) is 5.13. The van der Waals surface area contributed by atoms with Crippen molar-refractivity contribution in [3.63, 3.8) is 0 Å². The second-order valence-corrected chi connectivity index (χ2v) is 6.89. The van der Waals surface area contributed by atoms with E-state index >= 15 is 0 Å². The predicted octanol–water partition coefficient (Wildman–Crippen LogP) is 2.51. The topological polar surface area (TPSA) is 55.2 Å². The molecule has 0 radical (unpaired) electrons. The first-order chi connectivity index (χ1) is 8.82. The molecule has 0 fully saturated rings. The highest BCUT2D eigenvalue weighted by atomic mass is 35.5. The number of hydrogen-bond donors (Lipinski definition) is 0. The molecule has 2 rings (SSSR count). The van der Waals surface area contributed by atoms with Gasteiger partial charge < -0.3 is 0 Å². The number of benzene rings is 1. The number of imidazole rings is 1. The summed E-state index contributed by atoms with van der Waals surface area (Å²) in [4.78, 5) is 4.06. The third kappa shape index (κ3) is 2.76. The van der Waals surface area contributed by atoms with Crippen molar-refractivity contribution in [2.24, 2.45) is 0 Å². The molecule has 5 nitrogen and oxygen atoms in total. The van der Waals surface area contributed by atoms with Crippen LogP contribution in [0.4, 0.5) is 0 Å². The Bertz CT molecular complexity index is 710. The number of aromatic nitrogens is 2. The lowest BCUT2D eigenvalue weighted by molar-refractivity contribution is 0.510. The van der Waals surface area contributed by atoms with Crippen molar-refractivity contribution >= 4 is 33.4 Å². The Labute approximate surface area is 121 Å². The zero-order chi connectivity index (χ0) is 14.2. The largest absolute Gasteiger partial charge is 0.308 e. The monoisotopic (exact) mass is 319 g/mol. The summed E-state index contributed by atoms with van der Waals surface area (Å²) >= 11 is 11.9. The highest BCUT2D eigenvalue weighted by Crippen LogP contribution is 2.29. The van der Waals surface area contributed by atoms with Crippen LogP contribution in [0.1, 0.15) is 0 Å². The van der Waals surface area contributed by atoms with Crippen LogP contribution in [-0.2, 0) is 10.2 Å². The first-order valence-corrected chi connectivity index (χ1v) is 7.40. The summed E-state index contributed by atoms with van der Waals surface area (Å²) in [6, 6.07) is 4.94. The molecule has 8 heteroatoms. The van der Waals surface area contributed by atoms with Crippen molar-refractivity contribution in [1.29, 1.82) is 0 Å². The smallest absolute Gasteiger partial charge is 0.236 e. The molecule has 0 aliphatic carbocycles. The van der Waals surface area contributed by atoms with Gasteiger partial charge in [0.1, 0.15) is 6.33 Å². The first-order valence-electron chi connectivity index (χ1n) is 5.25. The van der Waals surface area contributed by atoms with Crippen LogP contribution in [0.3, 0.4) is 0 Å². The van der Waals surface area contributed by atoms with Crippen LogP contribution in [0, 0.1) is 0 Å². The molecule has 0 aliphatic heterocycles. The molecule has 0 aliphatic rings. The molecule has 1 aromatic carbocycles. The van der Waals surface area contributed by atoms with Gasteiger partial charge in [0.2, 0.25) is 0 Å². The maximum absolute atomic E-state index is 11.9. The van der Waals surface area contributed by atoms with Crippen LogP contribution in [-0.4, -0.2) is 35.8 Å². The van der Waals surface area contributed by atoms with Gasteiger partial charge in [-0.05, 0) is 18.2 Å². The molecule has 0 spiro atoms. The fourth-order valence-corrected chi connectivity index (χ4v) is 2.74. The average Bonchev–Trinajstić information content (AvgIpc) is 2.78. The van der Waals surface area contributed by atoms with Gasteiger partial charge in [-0.3, -0.25) is 0 Å². The molecule has 0 saturated heterocycles. The highest BCUT2D eigenvalue weighted by Gasteiger charge is 2.17. The maximum atomic E-state index is 11.9. The minimum Gasteiger partial charge on any atom is -0.236 e. The maximum Gasteiger partial charge on any atom is 0.308 e. The molecule has 2 aromatic rings. The van der Waals surface area contributed by atoms with Gasteiger partial charge in [0.05, 0.1) is 10.7 Å². The van der Waals surface area contributed by atoms with Crippen molar-refractivity contribution in [3.8, 4) is 11.3 Å². The summed E-state index contributed by atoms with van der Waals surface area (Å²) in [5.74, 6) is 0. The average molecular weight is 320 g/mol. The molecule has 1 aromatic heterocycles. The van der Waals surface area contributed by atoms with Gasteiger partial charge in [-0.1, -0.05) is 23.2 Å². The standard InChI is InChI=1S/C11H11Cl2N3O2S/c1-15(2)19(17,18)16-6-11(14-7-16)9-4-3-8(12)5-10(9)13/h3-7H,1-2H3. The molecule has 0 bridgehead atoms. The summed E-state index contributed by atoms with van der Waals surface area (Å²) < 4.78 is 26.0. The Morgan fingerprint density at radius 1 is 1.26 bits per heavy atom. The molecule has 0 amide bonds. The van der Waals surface area contributed by atoms with E-state index in [2.05, 4.69) is 4.98 Å². The van der Waals surface area contributed by atoms with E-state index in [0.29, 0.717) is 21.3 Å². The number of hydrogen-bond acceptors (Lipinski definition) is 3. The van der Waals surface area contributed by atoms with E-state index in [1.54, 1.807) is 18.2 Å². The Morgan fingerprint density at radius 2 is 1.95 bits per heavy atom. The van der Waals surface area contributed by atoms with E-state index in [4.69, 9.17) is 23.2 Å². The van der Waals surface area contributed by atoms with Crippen molar-refractivity contribution < 1.29 is 8.42 Å². The molecule has 0 unspecified atom stereocenters. The second-order valence-electron chi connectivity index (χ2n) is 4.00. The molecule has 1 heterocycles. The van der Waals surface area contributed by atoms with Crippen molar-refractivity contribution in [1.82, 2.24) is 13.3 Å². The molecule has 0 saturated carbocycles. The van der Waals surface area contributed by atoms with E-state index in [9.17, 15) is 8.42 Å². The van der Waals surface area contributed by atoms with Crippen LogP contribution >= 0.6 is 23.2 Å². The summed E-state index contributed by atoms with van der Waals surface area (Å²) in [5, 5.41) is 0.925. The van der Waals surface area contributed by atoms with Gasteiger partial charge in [0.25, 0.3) is 0 Å². The molecule has 102 valence electrons. The third-order valence-corrected chi connectivity index (χ3v) is 4.70. The summed E-state index contributed by atoms with van der Waals surface area (Å²) in [7, 11) is -0.669. The number of rotatable bonds is 3. The number of nitrogens with zero attached hydrogens (tertiary/aromatic N) is 3. The Hall–Kier alpha value is -1.08. The van der Waals surface area contributed by atoms with Crippen LogP contribution in [0.15, 0.2) is 30.7 Å². The van der Waals surface area contributed by atoms with Crippen LogP contribution in [0.5, 0.6) is 0 Å². The minimum absolute atomic E-state index is 0.417. The Kier molecular flexibility index (Phi) is 3.87. The van der Waals surface area contributed by atoms with Crippen LogP contribution < -0.4 is 0 Å². The molecular weight excluding hydrogens is 309 g/mol. The predicted molar refractivity (Wildman–Crippen MR) is 75.7 cm³/mol. The minimum atomic E-state index is -3.57. The molecule has 0 atom stereocenters. The van der Waals surface area contributed by atoms with Gasteiger partial charge in [-0.25, -0.2) is 8.96 Å². The van der Waals surface area contributed by atoms with Gasteiger partial charge in [-0.2, -0.15) is 12.7 Å². The van der Waals surface area contributed by atoms with Crippen LogP contribution in [0.25, 0.3) is 11.3 Å². The lowest BCUT2D eigenvalue weighted by atomic mass is 10.2. The lowest BCUT2D eigenvalue weighted by Gasteiger charge is -2.10. The van der Waals surface area contributed by atoms with E-state index in [0.717, 1.165) is 8.28 Å². The van der Waals surface area contributed by atoms with Crippen molar-refractivity contribution in [3.05, 3.63) is 40.8 Å². The van der Waals surface area contributed by atoms with Crippen molar-refractivity contribution in [2.45, 2.75) is 0 Å². The SMILES string of the molecule is CN(C)S(=O)(=O)n1cnc(-c2ccc(Cl)cc2Cl)c1. The normalized spacial score (nSPS) is 12.1. The van der Waals surface area contributed by atoms with E-state index < -0.39 is 10.2 Å². The van der Waals surface area contributed by atoms with Gasteiger partial charge in [0.15, 0.2) is 0 Å². The third-order valence-electron chi connectivity index (χ3n) is 2.50. The van der Waals surface area contributed by atoms with Gasteiger partial charge in [-0.15, -0.1) is 0 Å². The summed E-state index contributed by atoms with van der Waals surface area (Å²) in [5.41, 5.74) is 1.09. The molecule has 0 N–H and O–H groups in total. The number of halogens is 2. The van der Waals surface area contributed by atoms with E-state index in [1.165, 1.54) is 26.6 Å². The van der Waals surface area contributed by atoms with Crippen molar-refractivity contribution in [2.75, 3.05) is 14.1 Å².